The Hall–Kier alpha value is -4.37. The smallest absolute Gasteiger partial charge is 0.337 e. The summed E-state index contributed by atoms with van der Waals surface area (Å²) in [4.78, 5) is 48.1. The minimum Gasteiger partial charge on any atom is -0.478 e. The van der Waals surface area contributed by atoms with Crippen molar-refractivity contribution in [3.8, 4) is 11.4 Å². The zero-order chi connectivity index (χ0) is 30.8. The maximum atomic E-state index is 13.5. The van der Waals surface area contributed by atoms with Crippen molar-refractivity contribution in [1.82, 2.24) is 9.97 Å². The van der Waals surface area contributed by atoms with E-state index in [1.807, 2.05) is 13.8 Å². The van der Waals surface area contributed by atoms with Crippen LogP contribution in [0.5, 0.6) is 0 Å². The van der Waals surface area contributed by atoms with Crippen LogP contribution in [0.25, 0.3) is 22.4 Å². The summed E-state index contributed by atoms with van der Waals surface area (Å²) >= 11 is 18.2. The lowest BCUT2D eigenvalue weighted by molar-refractivity contribution is 0.0698. The zero-order valence-electron chi connectivity index (χ0n) is 23.0. The van der Waals surface area contributed by atoms with Gasteiger partial charge in [0.15, 0.2) is 0 Å². The molecule has 0 saturated carbocycles. The fourth-order valence-electron chi connectivity index (χ4n) is 4.53. The SMILES string of the molecule is CC(C)CN(C(=O)c1ccc(NC(=O)c2ccc(-c3nc4cc(Cl)c(Cl)cc4[nH]3)cc2)c(C(=O)O)c1)c1ccc(Cl)cc1. The summed E-state index contributed by atoms with van der Waals surface area (Å²) < 4.78 is 0. The minimum atomic E-state index is -1.28. The van der Waals surface area contributed by atoms with Crippen LogP contribution in [0.2, 0.25) is 15.1 Å². The molecule has 8 nitrogen and oxygen atoms in total. The van der Waals surface area contributed by atoms with Gasteiger partial charge in [0.25, 0.3) is 11.8 Å². The van der Waals surface area contributed by atoms with E-state index in [0.29, 0.717) is 44.2 Å². The molecule has 5 rings (SSSR count). The molecule has 0 radical (unpaired) electrons. The minimum absolute atomic E-state index is 0.0612. The number of carbonyl (C=O) groups excluding carboxylic acids is 2. The molecule has 0 spiro atoms. The number of imidazole rings is 1. The summed E-state index contributed by atoms with van der Waals surface area (Å²) in [6, 6.07) is 21.0. The van der Waals surface area contributed by atoms with Crippen LogP contribution < -0.4 is 10.2 Å². The highest BCUT2D eigenvalue weighted by atomic mass is 35.5. The number of benzene rings is 4. The lowest BCUT2D eigenvalue weighted by atomic mass is 10.1. The highest BCUT2D eigenvalue weighted by molar-refractivity contribution is 6.42. The first-order valence-corrected chi connectivity index (χ1v) is 14.3. The van der Waals surface area contributed by atoms with Crippen LogP contribution in [-0.2, 0) is 0 Å². The number of hydrogen-bond acceptors (Lipinski definition) is 4. The van der Waals surface area contributed by atoms with Gasteiger partial charge in [-0.05, 0) is 72.6 Å². The number of hydrogen-bond donors (Lipinski definition) is 3. The number of halogens is 3. The van der Waals surface area contributed by atoms with Gasteiger partial charge in [-0.2, -0.15) is 0 Å². The van der Waals surface area contributed by atoms with Crippen molar-refractivity contribution in [3.05, 3.63) is 111 Å². The Bertz CT molecular complexity index is 1810. The van der Waals surface area contributed by atoms with E-state index in [2.05, 4.69) is 15.3 Å². The Morgan fingerprint density at radius 1 is 0.884 bits per heavy atom. The van der Waals surface area contributed by atoms with Crippen LogP contribution >= 0.6 is 34.8 Å². The van der Waals surface area contributed by atoms with E-state index in [-0.39, 0.29) is 28.6 Å². The molecular formula is C32H25Cl3N4O4. The molecule has 1 heterocycles. The second kappa shape index (κ2) is 12.5. The highest BCUT2D eigenvalue weighted by Crippen LogP contribution is 2.29. The first-order valence-electron chi connectivity index (χ1n) is 13.2. The van der Waals surface area contributed by atoms with E-state index in [1.54, 1.807) is 65.6 Å². The number of aromatic carboxylic acids is 1. The van der Waals surface area contributed by atoms with Gasteiger partial charge in [-0.3, -0.25) is 9.59 Å². The van der Waals surface area contributed by atoms with Gasteiger partial charge in [-0.15, -0.1) is 0 Å². The number of fused-ring (bicyclic) bond motifs is 1. The summed E-state index contributed by atoms with van der Waals surface area (Å²) in [5, 5.41) is 13.9. The van der Waals surface area contributed by atoms with Gasteiger partial charge in [0.1, 0.15) is 5.82 Å². The number of aromatic amines is 1. The normalized spacial score (nSPS) is 11.1. The predicted octanol–water partition coefficient (Wildman–Crippen LogP) is 8.44. The van der Waals surface area contributed by atoms with Crippen molar-refractivity contribution in [3.63, 3.8) is 0 Å². The van der Waals surface area contributed by atoms with E-state index in [9.17, 15) is 19.5 Å². The third-order valence-corrected chi connectivity index (χ3v) is 7.59. The molecular weight excluding hydrogens is 611 g/mol. The van der Waals surface area contributed by atoms with Gasteiger partial charge in [0.2, 0.25) is 0 Å². The Labute approximate surface area is 262 Å². The number of H-pyrrole nitrogens is 1. The average Bonchev–Trinajstić information content (AvgIpc) is 3.39. The fraction of sp³-hybridized carbons (Fsp3) is 0.125. The molecule has 11 heteroatoms. The van der Waals surface area contributed by atoms with Gasteiger partial charge in [0.05, 0.1) is 32.3 Å². The molecule has 4 aromatic carbocycles. The summed E-state index contributed by atoms with van der Waals surface area (Å²) in [6.07, 6.45) is 0. The van der Waals surface area contributed by atoms with Crippen molar-refractivity contribution in [2.75, 3.05) is 16.8 Å². The molecule has 43 heavy (non-hydrogen) atoms. The molecule has 1 aromatic heterocycles. The van der Waals surface area contributed by atoms with Crippen molar-refractivity contribution in [2.45, 2.75) is 13.8 Å². The quantitative estimate of drug-likeness (QED) is 0.158. The number of nitrogens with one attached hydrogen (secondary N) is 2. The standard InChI is InChI=1S/C32H25Cl3N4O4/c1-17(2)16-39(22-10-8-21(33)9-11-22)31(41)20-7-12-26(23(13-20)32(42)43)38-30(40)19-5-3-18(4-6-19)29-36-27-14-24(34)25(35)15-28(27)37-29/h3-15,17H,16H2,1-2H3,(H,36,37)(H,38,40)(H,42,43). The van der Waals surface area contributed by atoms with Gasteiger partial charge in [-0.1, -0.05) is 60.8 Å². The number of aromatic nitrogens is 2. The molecule has 2 amide bonds. The molecule has 0 unspecified atom stereocenters. The van der Waals surface area contributed by atoms with Crippen LogP contribution in [0.15, 0.2) is 78.9 Å². The molecule has 0 aliphatic rings. The maximum absolute atomic E-state index is 13.5. The van der Waals surface area contributed by atoms with Crippen LogP contribution in [0.3, 0.4) is 0 Å². The second-order valence-electron chi connectivity index (χ2n) is 10.3. The first-order chi connectivity index (χ1) is 20.5. The van der Waals surface area contributed by atoms with Crippen molar-refractivity contribution < 1.29 is 19.5 Å². The molecule has 0 aliphatic carbocycles. The van der Waals surface area contributed by atoms with E-state index in [1.165, 1.54) is 18.2 Å². The van der Waals surface area contributed by atoms with Gasteiger partial charge < -0.3 is 20.3 Å². The van der Waals surface area contributed by atoms with E-state index in [0.717, 1.165) is 11.1 Å². The van der Waals surface area contributed by atoms with Crippen LogP contribution in [0.4, 0.5) is 11.4 Å². The third kappa shape index (κ3) is 6.67. The molecule has 0 saturated heterocycles. The number of rotatable bonds is 8. The van der Waals surface area contributed by atoms with E-state index < -0.39 is 11.9 Å². The van der Waals surface area contributed by atoms with Crippen molar-refractivity contribution in [1.29, 1.82) is 0 Å². The summed E-state index contributed by atoms with van der Waals surface area (Å²) in [5.74, 6) is -1.46. The molecule has 0 aliphatic heterocycles. The number of nitrogens with zero attached hydrogens (tertiary/aromatic N) is 2. The molecule has 218 valence electrons. The number of carbonyl (C=O) groups is 3. The monoisotopic (exact) mass is 634 g/mol. The zero-order valence-corrected chi connectivity index (χ0v) is 25.3. The first kappa shape index (κ1) is 30.1. The van der Waals surface area contributed by atoms with Gasteiger partial charge >= 0.3 is 5.97 Å². The number of amides is 2. The number of carboxylic acid groups (broad SMARTS) is 1. The summed E-state index contributed by atoms with van der Waals surface area (Å²) in [5.41, 5.74) is 3.04. The Kier molecular flexibility index (Phi) is 8.73. The Morgan fingerprint density at radius 3 is 2.19 bits per heavy atom. The number of anilines is 2. The molecule has 3 N–H and O–H groups in total. The number of carboxylic acids is 1. The van der Waals surface area contributed by atoms with E-state index >= 15 is 0 Å². The Balaban J connectivity index is 1.36. The summed E-state index contributed by atoms with van der Waals surface area (Å²) in [6.45, 7) is 4.37. The van der Waals surface area contributed by atoms with Crippen molar-refractivity contribution >= 4 is 75.0 Å². The lowest BCUT2D eigenvalue weighted by Gasteiger charge is -2.25. The van der Waals surface area contributed by atoms with Crippen LogP contribution in [0.1, 0.15) is 44.9 Å². The molecule has 5 aromatic rings. The second-order valence-corrected chi connectivity index (χ2v) is 11.5. The fourth-order valence-corrected chi connectivity index (χ4v) is 4.97. The lowest BCUT2D eigenvalue weighted by Crippen LogP contribution is -2.34. The maximum Gasteiger partial charge on any atom is 0.337 e. The topological polar surface area (TPSA) is 115 Å². The van der Waals surface area contributed by atoms with E-state index in [4.69, 9.17) is 34.8 Å². The molecule has 0 atom stereocenters. The van der Waals surface area contributed by atoms with Crippen molar-refractivity contribution in [2.24, 2.45) is 5.92 Å². The highest BCUT2D eigenvalue weighted by Gasteiger charge is 2.22. The molecule has 0 fully saturated rings. The van der Waals surface area contributed by atoms with Crippen LogP contribution in [-0.4, -0.2) is 39.4 Å². The van der Waals surface area contributed by atoms with Crippen LogP contribution in [0, 0.1) is 5.92 Å². The predicted molar refractivity (Wildman–Crippen MR) is 171 cm³/mol. The summed E-state index contributed by atoms with van der Waals surface area (Å²) in [7, 11) is 0. The van der Waals surface area contributed by atoms with Gasteiger partial charge in [-0.25, -0.2) is 9.78 Å². The van der Waals surface area contributed by atoms with Gasteiger partial charge in [0, 0.05) is 33.9 Å². The average molecular weight is 636 g/mol. The third-order valence-electron chi connectivity index (χ3n) is 6.62. The Morgan fingerprint density at radius 2 is 1.53 bits per heavy atom. The molecule has 0 bridgehead atoms. The largest absolute Gasteiger partial charge is 0.478 e.